The van der Waals surface area contributed by atoms with Crippen molar-refractivity contribution in [3.63, 3.8) is 0 Å². The average molecular weight is 339 g/mol. The lowest BCUT2D eigenvalue weighted by Crippen LogP contribution is -2.39. The first kappa shape index (κ1) is 16.3. The van der Waals surface area contributed by atoms with Gasteiger partial charge in [-0.25, -0.2) is 4.98 Å². The molecule has 2 saturated heterocycles. The van der Waals surface area contributed by atoms with Crippen molar-refractivity contribution in [2.24, 2.45) is 5.41 Å². The van der Waals surface area contributed by atoms with E-state index < -0.39 is 0 Å². The van der Waals surface area contributed by atoms with E-state index in [2.05, 4.69) is 39.9 Å². The van der Waals surface area contributed by atoms with E-state index in [-0.39, 0.29) is 17.2 Å². The zero-order valence-electron chi connectivity index (χ0n) is 14.9. The fourth-order valence-electron chi connectivity index (χ4n) is 4.17. The van der Waals surface area contributed by atoms with Gasteiger partial charge in [0.2, 0.25) is 5.91 Å². The predicted molar refractivity (Wildman–Crippen MR) is 94.9 cm³/mol. The van der Waals surface area contributed by atoms with Crippen molar-refractivity contribution in [3.8, 4) is 0 Å². The number of carbonyl (C=O) groups excluding carboxylic acids is 1. The Hall–Kier alpha value is -2.21. The average Bonchev–Trinajstić information content (AvgIpc) is 3.32. The monoisotopic (exact) mass is 339 g/mol. The Morgan fingerprint density at radius 1 is 1.36 bits per heavy atom. The summed E-state index contributed by atoms with van der Waals surface area (Å²) in [7, 11) is 0. The minimum atomic E-state index is -0.344. The number of pyridine rings is 1. The summed E-state index contributed by atoms with van der Waals surface area (Å²) in [5.41, 5.74) is 1.83. The smallest absolute Gasteiger partial charge is 0.231 e. The van der Waals surface area contributed by atoms with Gasteiger partial charge in [0.05, 0.1) is 17.4 Å². The van der Waals surface area contributed by atoms with Crippen LogP contribution in [0.4, 0.5) is 0 Å². The molecule has 1 N–H and O–H groups in total. The molecule has 0 bridgehead atoms. The zero-order chi connectivity index (χ0) is 17.4. The summed E-state index contributed by atoms with van der Waals surface area (Å²) in [5, 5.41) is 3.45. The minimum Gasteiger partial charge on any atom is -0.338 e. The van der Waals surface area contributed by atoms with Crippen molar-refractivity contribution in [2.75, 3.05) is 19.6 Å². The van der Waals surface area contributed by atoms with Crippen LogP contribution in [-0.4, -0.2) is 45.0 Å². The Morgan fingerprint density at radius 3 is 2.88 bits per heavy atom. The van der Waals surface area contributed by atoms with Crippen molar-refractivity contribution in [1.29, 1.82) is 0 Å². The number of hydrogen-bond acceptors (Lipinski definition) is 4. The van der Waals surface area contributed by atoms with Crippen molar-refractivity contribution in [2.45, 2.75) is 38.8 Å². The van der Waals surface area contributed by atoms with Gasteiger partial charge in [0.1, 0.15) is 0 Å². The Balaban J connectivity index is 1.57. The quantitative estimate of drug-likeness (QED) is 0.925. The lowest BCUT2D eigenvalue weighted by atomic mass is 9.75. The first-order valence-electron chi connectivity index (χ1n) is 9.02. The van der Waals surface area contributed by atoms with Gasteiger partial charge in [0.15, 0.2) is 0 Å². The van der Waals surface area contributed by atoms with Crippen LogP contribution in [-0.2, 0) is 11.3 Å². The summed E-state index contributed by atoms with van der Waals surface area (Å²) in [4.78, 5) is 24.0. The lowest BCUT2D eigenvalue weighted by molar-refractivity contribution is -0.136. The maximum Gasteiger partial charge on any atom is 0.231 e. The molecule has 0 unspecified atom stereocenters. The van der Waals surface area contributed by atoms with Gasteiger partial charge in [-0.2, -0.15) is 0 Å². The molecule has 2 atom stereocenters. The normalized spacial score (nSPS) is 26.3. The van der Waals surface area contributed by atoms with Crippen LogP contribution in [0.1, 0.15) is 43.5 Å². The van der Waals surface area contributed by atoms with Gasteiger partial charge >= 0.3 is 0 Å². The lowest BCUT2D eigenvalue weighted by Gasteiger charge is -2.28. The van der Waals surface area contributed by atoms with E-state index in [1.807, 2.05) is 23.4 Å². The highest BCUT2D eigenvalue weighted by Gasteiger charge is 2.55. The first-order chi connectivity index (χ1) is 12.1. The molecule has 0 saturated carbocycles. The van der Waals surface area contributed by atoms with Crippen LogP contribution in [0.5, 0.6) is 0 Å². The highest BCUT2D eigenvalue weighted by molar-refractivity contribution is 5.86. The molecule has 2 aliphatic rings. The first-order valence-corrected chi connectivity index (χ1v) is 9.02. The van der Waals surface area contributed by atoms with Crippen LogP contribution >= 0.6 is 0 Å². The summed E-state index contributed by atoms with van der Waals surface area (Å²) in [6.07, 6.45) is 8.46. The van der Waals surface area contributed by atoms with Crippen molar-refractivity contribution < 1.29 is 4.79 Å². The van der Waals surface area contributed by atoms with Gasteiger partial charge in [0, 0.05) is 56.7 Å². The SMILES string of the molecule is CC(C)n1cnc([C@H]2CNC[C@@]23CCN(Cc2ccncc2)C3=O)c1. The molecule has 132 valence electrons. The molecule has 4 rings (SSSR count). The number of likely N-dealkylation sites (tertiary alicyclic amines) is 1. The third-order valence-corrected chi connectivity index (χ3v) is 5.69. The number of carbonyl (C=O) groups is 1. The van der Waals surface area contributed by atoms with E-state index in [1.165, 1.54) is 0 Å². The molecule has 2 aromatic rings. The molecule has 6 nitrogen and oxygen atoms in total. The topological polar surface area (TPSA) is 63.1 Å². The second kappa shape index (κ2) is 6.26. The standard InChI is InChI=1S/C19H25N5O/c1-14(2)24-11-17(22-13-24)16-9-21-12-19(16)5-8-23(18(19)25)10-15-3-6-20-7-4-15/h3-4,6-7,11,13-14,16,21H,5,8-10,12H2,1-2H3/t16-,19+/m1/s1. The second-order valence-electron chi connectivity index (χ2n) is 7.51. The highest BCUT2D eigenvalue weighted by atomic mass is 16.2. The summed E-state index contributed by atoms with van der Waals surface area (Å²) in [5.74, 6) is 0.417. The Morgan fingerprint density at radius 2 is 2.16 bits per heavy atom. The molecule has 0 aliphatic carbocycles. The highest BCUT2D eigenvalue weighted by Crippen LogP contribution is 2.46. The molecule has 1 amide bonds. The molecule has 4 heterocycles. The minimum absolute atomic E-state index is 0.155. The van der Waals surface area contributed by atoms with Crippen LogP contribution in [0.15, 0.2) is 37.1 Å². The van der Waals surface area contributed by atoms with Gasteiger partial charge < -0.3 is 14.8 Å². The van der Waals surface area contributed by atoms with E-state index in [0.717, 1.165) is 37.3 Å². The molecule has 6 heteroatoms. The van der Waals surface area contributed by atoms with Crippen LogP contribution in [0.3, 0.4) is 0 Å². The number of nitrogens with one attached hydrogen (secondary N) is 1. The molecule has 0 aromatic carbocycles. The van der Waals surface area contributed by atoms with Crippen LogP contribution in [0.2, 0.25) is 0 Å². The maximum atomic E-state index is 13.3. The van der Waals surface area contributed by atoms with Gasteiger partial charge in [-0.1, -0.05) is 0 Å². The van der Waals surface area contributed by atoms with Gasteiger partial charge in [-0.05, 0) is 38.0 Å². The Labute approximate surface area is 148 Å². The Bertz CT molecular complexity index is 756. The van der Waals surface area contributed by atoms with E-state index in [4.69, 9.17) is 0 Å². The summed E-state index contributed by atoms with van der Waals surface area (Å²) in [6.45, 7) is 7.33. The molecule has 1 spiro atoms. The second-order valence-corrected chi connectivity index (χ2v) is 7.51. The number of aromatic nitrogens is 3. The zero-order valence-corrected chi connectivity index (χ0v) is 14.9. The molecular weight excluding hydrogens is 314 g/mol. The van der Waals surface area contributed by atoms with E-state index in [0.29, 0.717) is 12.6 Å². The number of amides is 1. The van der Waals surface area contributed by atoms with Gasteiger partial charge in [-0.15, -0.1) is 0 Å². The van der Waals surface area contributed by atoms with E-state index in [1.54, 1.807) is 12.4 Å². The van der Waals surface area contributed by atoms with Crippen molar-refractivity contribution >= 4 is 5.91 Å². The van der Waals surface area contributed by atoms with Crippen LogP contribution in [0.25, 0.3) is 0 Å². The summed E-state index contributed by atoms with van der Waals surface area (Å²) < 4.78 is 2.12. The maximum absolute atomic E-state index is 13.3. The van der Waals surface area contributed by atoms with Crippen molar-refractivity contribution in [3.05, 3.63) is 48.3 Å². The van der Waals surface area contributed by atoms with Gasteiger partial charge in [-0.3, -0.25) is 9.78 Å². The number of hydrogen-bond donors (Lipinski definition) is 1. The van der Waals surface area contributed by atoms with Crippen LogP contribution in [0, 0.1) is 5.41 Å². The predicted octanol–water partition coefficient (Wildman–Crippen LogP) is 1.96. The van der Waals surface area contributed by atoms with Gasteiger partial charge in [0.25, 0.3) is 0 Å². The Kier molecular flexibility index (Phi) is 4.07. The molecule has 2 aliphatic heterocycles. The largest absolute Gasteiger partial charge is 0.338 e. The number of nitrogens with zero attached hydrogens (tertiary/aromatic N) is 4. The van der Waals surface area contributed by atoms with E-state index >= 15 is 0 Å². The fraction of sp³-hybridized carbons (Fsp3) is 0.526. The van der Waals surface area contributed by atoms with E-state index in [9.17, 15) is 4.79 Å². The summed E-state index contributed by atoms with van der Waals surface area (Å²) >= 11 is 0. The fourth-order valence-corrected chi connectivity index (χ4v) is 4.17. The number of imidazole rings is 1. The number of rotatable bonds is 4. The third-order valence-electron chi connectivity index (χ3n) is 5.69. The third kappa shape index (κ3) is 2.74. The van der Waals surface area contributed by atoms with Crippen molar-refractivity contribution in [1.82, 2.24) is 24.8 Å². The molecular formula is C19H25N5O. The summed E-state index contributed by atoms with van der Waals surface area (Å²) in [6, 6.07) is 4.34. The molecule has 25 heavy (non-hydrogen) atoms. The molecule has 2 fully saturated rings. The van der Waals surface area contributed by atoms with Crippen LogP contribution < -0.4 is 5.32 Å². The molecule has 0 radical (unpaired) electrons. The molecule has 2 aromatic heterocycles.